The van der Waals surface area contributed by atoms with Crippen LogP contribution in [0, 0.1) is 5.92 Å². The summed E-state index contributed by atoms with van der Waals surface area (Å²) in [7, 11) is 0. The molecule has 0 saturated carbocycles. The molecular weight excluding hydrogens is 234 g/mol. The minimum absolute atomic E-state index is 0.230. The topological polar surface area (TPSA) is 20.3 Å². The summed E-state index contributed by atoms with van der Waals surface area (Å²) in [6.07, 6.45) is 4.15. The predicted octanol–water partition coefficient (Wildman–Crippen LogP) is 3.83. The molecule has 1 aliphatic rings. The molecule has 0 unspecified atom stereocenters. The number of rotatable bonds is 4. The van der Waals surface area contributed by atoms with E-state index in [9.17, 15) is 4.79 Å². The van der Waals surface area contributed by atoms with Gasteiger partial charge in [0.25, 0.3) is 0 Å². The SMILES string of the molecule is CCC(CC)C(=O)N1CCC(c2ccccc2)CC1. The maximum Gasteiger partial charge on any atom is 0.225 e. The molecule has 1 saturated heterocycles. The Morgan fingerprint density at radius 3 is 2.26 bits per heavy atom. The molecule has 0 spiro atoms. The van der Waals surface area contributed by atoms with Crippen LogP contribution in [0.4, 0.5) is 0 Å². The molecule has 1 aromatic carbocycles. The maximum atomic E-state index is 12.3. The number of likely N-dealkylation sites (tertiary alicyclic amines) is 1. The number of hydrogen-bond donors (Lipinski definition) is 0. The molecule has 0 radical (unpaired) electrons. The molecule has 104 valence electrons. The molecule has 2 heteroatoms. The lowest BCUT2D eigenvalue weighted by atomic mass is 9.88. The lowest BCUT2D eigenvalue weighted by Crippen LogP contribution is -2.41. The van der Waals surface area contributed by atoms with Crippen LogP contribution in [0.25, 0.3) is 0 Å². The van der Waals surface area contributed by atoms with E-state index in [0.717, 1.165) is 38.8 Å². The summed E-state index contributed by atoms with van der Waals surface area (Å²) in [5.41, 5.74) is 1.43. The third-order valence-electron chi connectivity index (χ3n) is 4.41. The van der Waals surface area contributed by atoms with Crippen molar-refractivity contribution >= 4 is 5.91 Å². The monoisotopic (exact) mass is 259 g/mol. The summed E-state index contributed by atoms with van der Waals surface area (Å²) < 4.78 is 0. The molecule has 1 fully saturated rings. The summed E-state index contributed by atoms with van der Waals surface area (Å²) in [6.45, 7) is 6.08. The van der Waals surface area contributed by atoms with Crippen LogP contribution in [0.2, 0.25) is 0 Å². The fourth-order valence-corrected chi connectivity index (χ4v) is 3.05. The average Bonchev–Trinajstić information content (AvgIpc) is 2.49. The summed E-state index contributed by atoms with van der Waals surface area (Å²) >= 11 is 0. The van der Waals surface area contributed by atoms with Gasteiger partial charge in [0, 0.05) is 19.0 Å². The number of benzene rings is 1. The summed E-state index contributed by atoms with van der Waals surface area (Å²) in [5.74, 6) is 1.23. The Hall–Kier alpha value is -1.31. The number of hydrogen-bond acceptors (Lipinski definition) is 1. The van der Waals surface area contributed by atoms with Crippen molar-refractivity contribution in [2.45, 2.75) is 45.4 Å². The van der Waals surface area contributed by atoms with E-state index in [-0.39, 0.29) is 5.92 Å². The van der Waals surface area contributed by atoms with Gasteiger partial charge in [-0.15, -0.1) is 0 Å². The fourth-order valence-electron chi connectivity index (χ4n) is 3.05. The van der Waals surface area contributed by atoms with Gasteiger partial charge in [-0.3, -0.25) is 4.79 Å². The zero-order chi connectivity index (χ0) is 13.7. The van der Waals surface area contributed by atoms with Crippen LogP contribution in [-0.2, 0) is 4.79 Å². The highest BCUT2D eigenvalue weighted by Crippen LogP contribution is 2.28. The molecule has 0 bridgehead atoms. The average molecular weight is 259 g/mol. The molecule has 0 atom stereocenters. The molecule has 0 aliphatic carbocycles. The van der Waals surface area contributed by atoms with Gasteiger partial charge in [-0.2, -0.15) is 0 Å². The van der Waals surface area contributed by atoms with Gasteiger partial charge in [0.1, 0.15) is 0 Å². The third-order valence-corrected chi connectivity index (χ3v) is 4.41. The first-order valence-electron chi connectivity index (χ1n) is 7.60. The van der Waals surface area contributed by atoms with Gasteiger partial charge >= 0.3 is 0 Å². The van der Waals surface area contributed by atoms with Gasteiger partial charge < -0.3 is 4.90 Å². The van der Waals surface area contributed by atoms with E-state index in [2.05, 4.69) is 49.1 Å². The second-order valence-corrected chi connectivity index (χ2v) is 5.52. The van der Waals surface area contributed by atoms with Crippen LogP contribution in [0.3, 0.4) is 0 Å². The Labute approximate surface area is 116 Å². The number of carbonyl (C=O) groups excluding carboxylic acids is 1. The standard InChI is InChI=1S/C17H25NO/c1-3-14(4-2)17(19)18-12-10-16(11-13-18)15-8-6-5-7-9-15/h5-9,14,16H,3-4,10-13H2,1-2H3. The van der Waals surface area contributed by atoms with Crippen molar-refractivity contribution in [3.63, 3.8) is 0 Å². The highest BCUT2D eigenvalue weighted by Gasteiger charge is 2.26. The van der Waals surface area contributed by atoms with Crippen molar-refractivity contribution in [3.05, 3.63) is 35.9 Å². The Morgan fingerprint density at radius 2 is 1.74 bits per heavy atom. The van der Waals surface area contributed by atoms with E-state index in [4.69, 9.17) is 0 Å². The second kappa shape index (κ2) is 6.74. The lowest BCUT2D eigenvalue weighted by molar-refractivity contribution is -0.136. The normalized spacial score (nSPS) is 16.9. The third kappa shape index (κ3) is 3.37. The van der Waals surface area contributed by atoms with E-state index < -0.39 is 0 Å². The number of carbonyl (C=O) groups is 1. The van der Waals surface area contributed by atoms with Gasteiger partial charge in [0.05, 0.1) is 0 Å². The quantitative estimate of drug-likeness (QED) is 0.804. The molecule has 1 aromatic rings. The Bertz CT molecular complexity index is 389. The minimum Gasteiger partial charge on any atom is -0.342 e. The van der Waals surface area contributed by atoms with Crippen LogP contribution >= 0.6 is 0 Å². The lowest BCUT2D eigenvalue weighted by Gasteiger charge is -2.34. The molecule has 2 rings (SSSR count). The summed E-state index contributed by atoms with van der Waals surface area (Å²) in [5, 5.41) is 0. The first-order valence-corrected chi connectivity index (χ1v) is 7.60. The maximum absolute atomic E-state index is 12.3. The van der Waals surface area contributed by atoms with Crippen LogP contribution in [0.1, 0.15) is 51.0 Å². The van der Waals surface area contributed by atoms with Gasteiger partial charge in [-0.1, -0.05) is 44.2 Å². The number of nitrogens with zero attached hydrogens (tertiary/aromatic N) is 1. The van der Waals surface area contributed by atoms with Crippen molar-refractivity contribution in [1.29, 1.82) is 0 Å². The Kier molecular flexibility index (Phi) is 5.00. The number of piperidine rings is 1. The van der Waals surface area contributed by atoms with Crippen molar-refractivity contribution in [2.75, 3.05) is 13.1 Å². The van der Waals surface area contributed by atoms with Crippen molar-refractivity contribution < 1.29 is 4.79 Å². The van der Waals surface area contributed by atoms with Crippen molar-refractivity contribution in [2.24, 2.45) is 5.92 Å². The molecule has 1 aliphatic heterocycles. The number of amides is 1. The Balaban J connectivity index is 1.91. The molecule has 19 heavy (non-hydrogen) atoms. The smallest absolute Gasteiger partial charge is 0.225 e. The molecule has 2 nitrogen and oxygen atoms in total. The van der Waals surface area contributed by atoms with E-state index in [0.29, 0.717) is 11.8 Å². The zero-order valence-corrected chi connectivity index (χ0v) is 12.1. The molecule has 1 heterocycles. The Morgan fingerprint density at radius 1 is 1.16 bits per heavy atom. The van der Waals surface area contributed by atoms with Gasteiger partial charge in [0.15, 0.2) is 0 Å². The summed E-state index contributed by atoms with van der Waals surface area (Å²) in [4.78, 5) is 14.4. The molecular formula is C17H25NO. The van der Waals surface area contributed by atoms with Gasteiger partial charge in [0.2, 0.25) is 5.91 Å². The highest BCUT2D eigenvalue weighted by molar-refractivity contribution is 5.78. The minimum atomic E-state index is 0.230. The zero-order valence-electron chi connectivity index (χ0n) is 12.1. The van der Waals surface area contributed by atoms with E-state index in [1.165, 1.54) is 5.56 Å². The highest BCUT2D eigenvalue weighted by atomic mass is 16.2. The van der Waals surface area contributed by atoms with E-state index >= 15 is 0 Å². The van der Waals surface area contributed by atoms with Crippen LogP contribution in [0.5, 0.6) is 0 Å². The fraction of sp³-hybridized carbons (Fsp3) is 0.588. The molecule has 0 aromatic heterocycles. The van der Waals surface area contributed by atoms with E-state index in [1.54, 1.807) is 0 Å². The van der Waals surface area contributed by atoms with Gasteiger partial charge in [-0.25, -0.2) is 0 Å². The van der Waals surface area contributed by atoms with Crippen LogP contribution < -0.4 is 0 Å². The van der Waals surface area contributed by atoms with Crippen molar-refractivity contribution in [1.82, 2.24) is 4.90 Å². The first-order chi connectivity index (χ1) is 9.26. The first kappa shape index (κ1) is 14.1. The predicted molar refractivity (Wildman–Crippen MR) is 79.1 cm³/mol. The van der Waals surface area contributed by atoms with Crippen molar-refractivity contribution in [3.8, 4) is 0 Å². The summed E-state index contributed by atoms with van der Waals surface area (Å²) in [6, 6.07) is 10.7. The largest absolute Gasteiger partial charge is 0.342 e. The molecule has 0 N–H and O–H groups in total. The van der Waals surface area contributed by atoms with E-state index in [1.807, 2.05) is 0 Å². The van der Waals surface area contributed by atoms with Gasteiger partial charge in [-0.05, 0) is 37.2 Å². The van der Waals surface area contributed by atoms with Crippen LogP contribution in [0.15, 0.2) is 30.3 Å². The second-order valence-electron chi connectivity index (χ2n) is 5.52. The van der Waals surface area contributed by atoms with Crippen LogP contribution in [-0.4, -0.2) is 23.9 Å². The molecule has 1 amide bonds.